The second-order valence-electron chi connectivity index (χ2n) is 8.18. The summed E-state index contributed by atoms with van der Waals surface area (Å²) in [4.78, 5) is 28.0. The van der Waals surface area contributed by atoms with Gasteiger partial charge in [-0.25, -0.2) is 0 Å². The number of nitrogens with two attached hydrogens (primary N) is 1. The lowest BCUT2D eigenvalue weighted by molar-refractivity contribution is -0.215. The summed E-state index contributed by atoms with van der Waals surface area (Å²) in [7, 11) is 0. The molecule has 0 aromatic carbocycles. The number of anilines is 1. The number of hydrogen-bond acceptors (Lipinski definition) is 5. The van der Waals surface area contributed by atoms with Crippen LogP contribution in [0.5, 0.6) is 0 Å². The third kappa shape index (κ3) is 5.00. The van der Waals surface area contributed by atoms with E-state index in [9.17, 15) is 35.9 Å². The van der Waals surface area contributed by atoms with Gasteiger partial charge in [0.15, 0.2) is 6.10 Å². The molecule has 1 saturated heterocycles. The topological polar surface area (TPSA) is 112 Å². The Morgan fingerprint density at radius 1 is 1.15 bits per heavy atom. The first-order valence-corrected chi connectivity index (χ1v) is 10.3. The number of pyridine rings is 1. The zero-order chi connectivity index (χ0) is 24.8. The smallest absolute Gasteiger partial charge is 0.364 e. The Bertz CT molecular complexity index is 1110. The number of aromatic nitrogens is 3. The highest BCUT2D eigenvalue weighted by molar-refractivity contribution is 6.05. The van der Waals surface area contributed by atoms with Crippen molar-refractivity contribution in [2.45, 2.75) is 62.7 Å². The Kier molecular flexibility index (Phi) is 6.04. The van der Waals surface area contributed by atoms with Crippen LogP contribution in [0.1, 0.15) is 63.8 Å². The number of ether oxygens (including phenoxy) is 1. The molecule has 1 saturated carbocycles. The van der Waals surface area contributed by atoms with Crippen molar-refractivity contribution in [3.8, 4) is 0 Å². The van der Waals surface area contributed by atoms with Crippen LogP contribution in [0.3, 0.4) is 0 Å². The van der Waals surface area contributed by atoms with Crippen LogP contribution in [-0.2, 0) is 17.5 Å². The van der Waals surface area contributed by atoms with Crippen LogP contribution in [0.25, 0.3) is 0 Å². The van der Waals surface area contributed by atoms with Crippen LogP contribution in [-0.4, -0.2) is 45.0 Å². The van der Waals surface area contributed by atoms with Gasteiger partial charge in [0.05, 0.1) is 18.3 Å². The Hall–Kier alpha value is -3.16. The Labute approximate surface area is 188 Å². The standard InChI is InChI=1S/C20H19F6N5O3/c21-19(22,23)13-4-3-11(34-13)8-31-16(14(20(24,25)26)15(30-31)9-1-2-9)18(33)29-10-5-6-28-12(7-10)17(27)32/h5-7,9,11,13H,1-4,8H2,(H2,27,32)(H,28,29,33)/t11?,13-/m1/s1. The number of rotatable bonds is 6. The molecule has 1 aliphatic carbocycles. The minimum absolute atomic E-state index is 0.0445. The van der Waals surface area contributed by atoms with Gasteiger partial charge >= 0.3 is 12.4 Å². The van der Waals surface area contributed by atoms with Gasteiger partial charge in [0.2, 0.25) is 0 Å². The molecule has 1 aliphatic heterocycles. The zero-order valence-electron chi connectivity index (χ0n) is 17.4. The van der Waals surface area contributed by atoms with E-state index in [1.165, 1.54) is 6.07 Å². The number of alkyl halides is 6. The molecule has 14 heteroatoms. The molecule has 3 heterocycles. The fourth-order valence-corrected chi connectivity index (χ4v) is 3.87. The van der Waals surface area contributed by atoms with E-state index in [1.54, 1.807) is 0 Å². The van der Waals surface area contributed by atoms with Gasteiger partial charge in [0.1, 0.15) is 17.0 Å². The van der Waals surface area contributed by atoms with Crippen molar-refractivity contribution in [2.24, 2.45) is 5.73 Å². The molecule has 8 nitrogen and oxygen atoms in total. The lowest BCUT2D eigenvalue weighted by atomic mass is 10.1. The minimum Gasteiger partial charge on any atom is -0.364 e. The normalized spacial score (nSPS) is 21.0. The van der Waals surface area contributed by atoms with Crippen molar-refractivity contribution in [3.05, 3.63) is 41.0 Å². The number of nitrogens with one attached hydrogen (secondary N) is 1. The monoisotopic (exact) mass is 491 g/mol. The average Bonchev–Trinajstić information content (AvgIpc) is 3.32. The van der Waals surface area contributed by atoms with Gasteiger partial charge in [0, 0.05) is 17.8 Å². The summed E-state index contributed by atoms with van der Waals surface area (Å²) < 4.78 is 86.7. The highest BCUT2D eigenvalue weighted by Crippen LogP contribution is 2.47. The molecule has 34 heavy (non-hydrogen) atoms. The quantitative estimate of drug-likeness (QED) is 0.600. The second-order valence-corrected chi connectivity index (χ2v) is 8.18. The zero-order valence-corrected chi connectivity index (χ0v) is 17.4. The number of carbonyl (C=O) groups excluding carboxylic acids is 2. The summed E-state index contributed by atoms with van der Waals surface area (Å²) in [5.74, 6) is -2.61. The summed E-state index contributed by atoms with van der Waals surface area (Å²) in [6.07, 6.45) is -11.0. The first-order valence-electron chi connectivity index (χ1n) is 10.3. The number of halogens is 6. The Morgan fingerprint density at radius 3 is 2.41 bits per heavy atom. The van der Waals surface area contributed by atoms with E-state index in [0.29, 0.717) is 12.8 Å². The Morgan fingerprint density at radius 2 is 1.85 bits per heavy atom. The van der Waals surface area contributed by atoms with Gasteiger partial charge in [-0.2, -0.15) is 31.4 Å². The molecule has 4 rings (SSSR count). The number of primary amides is 1. The highest BCUT2D eigenvalue weighted by atomic mass is 19.4. The van der Waals surface area contributed by atoms with Crippen molar-refractivity contribution in [3.63, 3.8) is 0 Å². The largest absolute Gasteiger partial charge is 0.420 e. The van der Waals surface area contributed by atoms with Crippen molar-refractivity contribution < 1.29 is 40.7 Å². The lowest BCUT2D eigenvalue weighted by Crippen LogP contribution is -2.30. The van der Waals surface area contributed by atoms with Gasteiger partial charge in [-0.05, 0) is 37.8 Å². The number of carbonyl (C=O) groups is 2. The molecular formula is C20H19F6N5O3. The molecule has 2 aromatic heterocycles. The third-order valence-electron chi connectivity index (χ3n) is 5.56. The summed E-state index contributed by atoms with van der Waals surface area (Å²) in [5.41, 5.74) is 2.47. The molecule has 2 aliphatic rings. The molecule has 184 valence electrons. The highest BCUT2D eigenvalue weighted by Gasteiger charge is 2.48. The minimum atomic E-state index is -4.94. The predicted octanol–water partition coefficient (Wildman–Crippen LogP) is 3.64. The van der Waals surface area contributed by atoms with Gasteiger partial charge in [0.25, 0.3) is 11.8 Å². The van der Waals surface area contributed by atoms with E-state index < -0.39 is 60.1 Å². The first-order chi connectivity index (χ1) is 15.8. The predicted molar refractivity (Wildman–Crippen MR) is 104 cm³/mol. The summed E-state index contributed by atoms with van der Waals surface area (Å²) in [6, 6.07) is 2.33. The third-order valence-corrected chi connectivity index (χ3v) is 5.56. The maximum atomic E-state index is 14.0. The molecular weight excluding hydrogens is 472 g/mol. The molecule has 2 aromatic rings. The van der Waals surface area contributed by atoms with Crippen LogP contribution >= 0.6 is 0 Å². The van der Waals surface area contributed by atoms with E-state index in [2.05, 4.69) is 15.4 Å². The maximum Gasteiger partial charge on any atom is 0.420 e. The van der Waals surface area contributed by atoms with Crippen LogP contribution in [0.4, 0.5) is 32.0 Å². The fourth-order valence-electron chi connectivity index (χ4n) is 3.87. The molecule has 0 bridgehead atoms. The van der Waals surface area contributed by atoms with Crippen molar-refractivity contribution in [2.75, 3.05) is 5.32 Å². The molecule has 3 N–H and O–H groups in total. The van der Waals surface area contributed by atoms with Crippen LogP contribution in [0.2, 0.25) is 0 Å². The summed E-state index contributed by atoms with van der Waals surface area (Å²) in [6.45, 7) is -0.464. The van der Waals surface area contributed by atoms with E-state index in [-0.39, 0.29) is 29.9 Å². The van der Waals surface area contributed by atoms with Gasteiger partial charge < -0.3 is 15.8 Å². The van der Waals surface area contributed by atoms with Crippen LogP contribution in [0, 0.1) is 0 Å². The van der Waals surface area contributed by atoms with E-state index in [1.807, 2.05) is 0 Å². The van der Waals surface area contributed by atoms with E-state index >= 15 is 0 Å². The molecule has 0 spiro atoms. The van der Waals surface area contributed by atoms with E-state index in [0.717, 1.165) is 16.9 Å². The van der Waals surface area contributed by atoms with Crippen LogP contribution in [0.15, 0.2) is 18.3 Å². The van der Waals surface area contributed by atoms with Crippen LogP contribution < -0.4 is 11.1 Å². The molecule has 2 fully saturated rings. The molecule has 1 unspecified atom stereocenters. The fraction of sp³-hybridized carbons (Fsp3) is 0.500. The number of nitrogens with zero attached hydrogens (tertiary/aromatic N) is 3. The summed E-state index contributed by atoms with van der Waals surface area (Å²) in [5, 5.41) is 6.25. The van der Waals surface area contributed by atoms with Gasteiger partial charge in [-0.1, -0.05) is 0 Å². The number of hydrogen-bond donors (Lipinski definition) is 2. The average molecular weight is 491 g/mol. The second kappa shape index (κ2) is 8.56. The van der Waals surface area contributed by atoms with Gasteiger partial charge in [-0.15, -0.1) is 0 Å². The number of amides is 2. The van der Waals surface area contributed by atoms with Crippen molar-refractivity contribution in [1.29, 1.82) is 0 Å². The SMILES string of the molecule is NC(=O)c1cc(NC(=O)c2c(C(F)(F)F)c(C3CC3)nn2CC2CC[C@H](C(F)(F)F)O2)ccn1. The van der Waals surface area contributed by atoms with Crippen molar-refractivity contribution >= 4 is 17.5 Å². The molecule has 2 amide bonds. The maximum absolute atomic E-state index is 14.0. The first kappa shape index (κ1) is 24.0. The Balaban J connectivity index is 1.69. The lowest BCUT2D eigenvalue weighted by Gasteiger charge is -2.17. The van der Waals surface area contributed by atoms with Crippen molar-refractivity contribution in [1.82, 2.24) is 14.8 Å². The molecule has 0 radical (unpaired) electrons. The van der Waals surface area contributed by atoms with E-state index in [4.69, 9.17) is 10.5 Å². The summed E-state index contributed by atoms with van der Waals surface area (Å²) >= 11 is 0. The molecule has 2 atom stereocenters. The van der Waals surface area contributed by atoms with Gasteiger partial charge in [-0.3, -0.25) is 19.3 Å².